The highest BCUT2D eigenvalue weighted by Crippen LogP contribution is 2.16. The van der Waals surface area contributed by atoms with Gasteiger partial charge < -0.3 is 0 Å². The third kappa shape index (κ3) is 3.63. The summed E-state index contributed by atoms with van der Waals surface area (Å²) in [6, 6.07) is 0. The fourth-order valence-corrected chi connectivity index (χ4v) is 2.13. The van der Waals surface area contributed by atoms with Gasteiger partial charge in [-0.2, -0.15) is 0 Å². The SMILES string of the molecule is C(C#CC1=CCCCC1)#CC1=CCCCC1. The van der Waals surface area contributed by atoms with Gasteiger partial charge in [-0.05, 0) is 74.4 Å². The van der Waals surface area contributed by atoms with Crippen LogP contribution in [0.15, 0.2) is 23.3 Å². The topological polar surface area (TPSA) is 0 Å². The van der Waals surface area contributed by atoms with Gasteiger partial charge in [0.2, 0.25) is 0 Å². The first-order valence-corrected chi connectivity index (χ1v) is 6.35. The molecule has 2 rings (SSSR count). The van der Waals surface area contributed by atoms with Crippen LogP contribution in [0.5, 0.6) is 0 Å². The van der Waals surface area contributed by atoms with Gasteiger partial charge in [0.05, 0.1) is 0 Å². The van der Waals surface area contributed by atoms with Crippen molar-refractivity contribution in [1.82, 2.24) is 0 Å². The molecule has 0 saturated carbocycles. The lowest BCUT2D eigenvalue weighted by Crippen LogP contribution is -1.88. The largest absolute Gasteiger partial charge is 0.0729 e. The van der Waals surface area contributed by atoms with E-state index in [1.165, 1.54) is 49.7 Å². The summed E-state index contributed by atoms with van der Waals surface area (Å²) in [5.74, 6) is 12.3. The van der Waals surface area contributed by atoms with E-state index in [2.05, 4.69) is 35.8 Å². The molecule has 0 aromatic carbocycles. The van der Waals surface area contributed by atoms with Crippen molar-refractivity contribution in [3.05, 3.63) is 23.3 Å². The van der Waals surface area contributed by atoms with Crippen molar-refractivity contribution in [2.75, 3.05) is 0 Å². The average Bonchev–Trinajstić information content (AvgIpc) is 2.37. The zero-order chi connectivity index (χ0) is 11.1. The molecule has 0 heterocycles. The van der Waals surface area contributed by atoms with Crippen LogP contribution in [0.1, 0.15) is 51.4 Å². The van der Waals surface area contributed by atoms with E-state index in [0.717, 1.165) is 12.8 Å². The average molecular weight is 210 g/mol. The van der Waals surface area contributed by atoms with Gasteiger partial charge >= 0.3 is 0 Å². The van der Waals surface area contributed by atoms with E-state index in [0.29, 0.717) is 0 Å². The van der Waals surface area contributed by atoms with Crippen LogP contribution in [0.2, 0.25) is 0 Å². The van der Waals surface area contributed by atoms with Crippen LogP contribution >= 0.6 is 0 Å². The zero-order valence-corrected chi connectivity index (χ0v) is 9.81. The maximum Gasteiger partial charge on any atom is -0.000930 e. The van der Waals surface area contributed by atoms with Gasteiger partial charge in [0, 0.05) is 0 Å². The third-order valence-electron chi connectivity index (χ3n) is 3.09. The molecule has 0 aliphatic heterocycles. The first-order valence-electron chi connectivity index (χ1n) is 6.35. The van der Waals surface area contributed by atoms with E-state index in [-0.39, 0.29) is 0 Å². The second-order valence-electron chi connectivity index (χ2n) is 4.45. The number of hydrogen-bond donors (Lipinski definition) is 0. The molecule has 0 fully saturated rings. The van der Waals surface area contributed by atoms with Crippen LogP contribution in [0.3, 0.4) is 0 Å². The van der Waals surface area contributed by atoms with Gasteiger partial charge in [-0.1, -0.05) is 24.0 Å². The summed E-state index contributed by atoms with van der Waals surface area (Å²) >= 11 is 0. The van der Waals surface area contributed by atoms with E-state index in [1.54, 1.807) is 0 Å². The molecule has 16 heavy (non-hydrogen) atoms. The Morgan fingerprint density at radius 3 is 1.56 bits per heavy atom. The molecule has 0 bridgehead atoms. The van der Waals surface area contributed by atoms with Crippen LogP contribution < -0.4 is 0 Å². The van der Waals surface area contributed by atoms with Crippen LogP contribution in [0.4, 0.5) is 0 Å². The van der Waals surface area contributed by atoms with Crippen LogP contribution in [0, 0.1) is 23.7 Å². The molecule has 82 valence electrons. The second-order valence-corrected chi connectivity index (χ2v) is 4.45. The summed E-state index contributed by atoms with van der Waals surface area (Å²) in [7, 11) is 0. The van der Waals surface area contributed by atoms with Crippen molar-refractivity contribution in [3.63, 3.8) is 0 Å². The maximum atomic E-state index is 3.17. The Labute approximate surface area is 98.8 Å². The molecule has 0 nitrogen and oxygen atoms in total. The minimum atomic E-state index is 1.15. The first-order chi connectivity index (χ1) is 7.95. The monoisotopic (exact) mass is 210 g/mol. The van der Waals surface area contributed by atoms with Crippen molar-refractivity contribution < 1.29 is 0 Å². The normalized spacial score (nSPS) is 19.5. The second kappa shape index (κ2) is 6.24. The molecule has 0 aromatic rings. The van der Waals surface area contributed by atoms with E-state index in [1.807, 2.05) is 0 Å². The quantitative estimate of drug-likeness (QED) is 0.530. The van der Waals surface area contributed by atoms with Crippen molar-refractivity contribution >= 4 is 0 Å². The molecular weight excluding hydrogens is 192 g/mol. The van der Waals surface area contributed by atoms with Crippen molar-refractivity contribution in [1.29, 1.82) is 0 Å². The van der Waals surface area contributed by atoms with Gasteiger partial charge in [-0.25, -0.2) is 0 Å². The van der Waals surface area contributed by atoms with Gasteiger partial charge in [-0.3, -0.25) is 0 Å². The zero-order valence-electron chi connectivity index (χ0n) is 9.81. The first kappa shape index (κ1) is 11.1. The number of hydrogen-bond acceptors (Lipinski definition) is 0. The van der Waals surface area contributed by atoms with Crippen molar-refractivity contribution in [2.45, 2.75) is 51.4 Å². The fourth-order valence-electron chi connectivity index (χ4n) is 2.13. The van der Waals surface area contributed by atoms with E-state index >= 15 is 0 Å². The van der Waals surface area contributed by atoms with Gasteiger partial charge in [-0.15, -0.1) is 0 Å². The minimum Gasteiger partial charge on any atom is -0.0729 e. The van der Waals surface area contributed by atoms with E-state index in [4.69, 9.17) is 0 Å². The van der Waals surface area contributed by atoms with Crippen LogP contribution in [0.25, 0.3) is 0 Å². The number of allylic oxidation sites excluding steroid dienone is 4. The molecule has 0 heteroatoms. The predicted molar refractivity (Wildman–Crippen MR) is 68.7 cm³/mol. The van der Waals surface area contributed by atoms with Crippen LogP contribution in [-0.2, 0) is 0 Å². The predicted octanol–water partition coefficient (Wildman–Crippen LogP) is 3.99. The Morgan fingerprint density at radius 2 is 1.19 bits per heavy atom. The molecule has 0 unspecified atom stereocenters. The molecule has 0 N–H and O–H groups in total. The summed E-state index contributed by atoms with van der Waals surface area (Å²) in [6.07, 6.45) is 14.4. The lowest BCUT2D eigenvalue weighted by molar-refractivity contribution is 0.715. The maximum absolute atomic E-state index is 3.17. The lowest BCUT2D eigenvalue weighted by Gasteiger charge is -2.05. The van der Waals surface area contributed by atoms with Gasteiger partial charge in [0.25, 0.3) is 0 Å². The molecule has 2 aliphatic rings. The summed E-state index contributed by atoms with van der Waals surface area (Å²) in [4.78, 5) is 0. The standard InChI is InChI=1S/C16H18/c1-3-9-15(10-4-1)13-7-8-14-16-11-5-2-6-12-16/h9,11H,1-6,10,12H2. The molecule has 2 aliphatic carbocycles. The molecule has 0 saturated heterocycles. The summed E-state index contributed by atoms with van der Waals surface area (Å²) < 4.78 is 0. The Bertz CT molecular complexity index is 370. The van der Waals surface area contributed by atoms with Gasteiger partial charge in [0.15, 0.2) is 0 Å². The lowest BCUT2D eigenvalue weighted by atomic mass is 9.99. The van der Waals surface area contributed by atoms with E-state index < -0.39 is 0 Å². The smallest absolute Gasteiger partial charge is 0.000930 e. The van der Waals surface area contributed by atoms with Crippen molar-refractivity contribution in [3.8, 4) is 23.7 Å². The highest BCUT2D eigenvalue weighted by molar-refractivity contribution is 5.41. The summed E-state index contributed by atoms with van der Waals surface area (Å²) in [5, 5.41) is 0. The Hall–Kier alpha value is -1.40. The highest BCUT2D eigenvalue weighted by atomic mass is 14.0. The Balaban J connectivity index is 1.91. The molecule has 0 atom stereocenters. The van der Waals surface area contributed by atoms with Crippen LogP contribution in [-0.4, -0.2) is 0 Å². The Kier molecular flexibility index (Phi) is 4.33. The molecule has 0 spiro atoms. The molecule has 0 amide bonds. The fraction of sp³-hybridized carbons (Fsp3) is 0.500. The minimum absolute atomic E-state index is 1.15. The van der Waals surface area contributed by atoms with Crippen molar-refractivity contribution in [2.24, 2.45) is 0 Å². The highest BCUT2D eigenvalue weighted by Gasteiger charge is 2.00. The van der Waals surface area contributed by atoms with E-state index in [9.17, 15) is 0 Å². The number of rotatable bonds is 0. The molecule has 0 radical (unpaired) electrons. The molecule has 0 aromatic heterocycles. The summed E-state index contributed by atoms with van der Waals surface area (Å²) in [5.41, 5.74) is 2.58. The molecular formula is C16H18. The summed E-state index contributed by atoms with van der Waals surface area (Å²) in [6.45, 7) is 0. The third-order valence-corrected chi connectivity index (χ3v) is 3.09. The van der Waals surface area contributed by atoms with Gasteiger partial charge in [0.1, 0.15) is 0 Å². The Morgan fingerprint density at radius 1 is 0.688 bits per heavy atom.